The van der Waals surface area contributed by atoms with Gasteiger partial charge in [-0.2, -0.15) is 9.97 Å². The molecule has 7 heteroatoms. The number of fused-ring (bicyclic) bond motifs is 1. The molecule has 0 unspecified atom stereocenters. The van der Waals surface area contributed by atoms with Gasteiger partial charge in [0.2, 0.25) is 5.95 Å². The van der Waals surface area contributed by atoms with E-state index in [2.05, 4.69) is 20.2 Å². The maximum atomic E-state index is 11.5. The predicted molar refractivity (Wildman–Crippen MR) is 101 cm³/mol. The summed E-state index contributed by atoms with van der Waals surface area (Å²) in [6.07, 6.45) is 0. The number of carbonyl (C=O) groups is 1. The number of morpholine rings is 1. The largest absolute Gasteiger partial charge is 0.378 e. The van der Waals surface area contributed by atoms with Gasteiger partial charge >= 0.3 is 0 Å². The Hall–Kier alpha value is -2.93. The van der Waals surface area contributed by atoms with Gasteiger partial charge in [-0.3, -0.25) is 4.79 Å². The Bertz CT molecular complexity index is 942. The van der Waals surface area contributed by atoms with Crippen molar-refractivity contribution in [3.63, 3.8) is 0 Å². The maximum absolute atomic E-state index is 11.5. The summed E-state index contributed by atoms with van der Waals surface area (Å²) in [5, 5.41) is 4.31. The molecule has 2 aromatic heterocycles. The number of rotatable bonds is 4. The van der Waals surface area contributed by atoms with Crippen LogP contribution in [0.4, 0.5) is 17.5 Å². The molecule has 0 amide bonds. The lowest BCUT2D eigenvalue weighted by Gasteiger charge is -2.27. The lowest BCUT2D eigenvalue weighted by Crippen LogP contribution is -2.37. The summed E-state index contributed by atoms with van der Waals surface area (Å²) >= 11 is 0. The molecule has 0 aliphatic carbocycles. The molecule has 1 aliphatic rings. The lowest BCUT2D eigenvalue weighted by atomic mass is 10.1. The van der Waals surface area contributed by atoms with Crippen LogP contribution in [0.5, 0.6) is 0 Å². The van der Waals surface area contributed by atoms with Crippen molar-refractivity contribution in [1.29, 1.82) is 0 Å². The van der Waals surface area contributed by atoms with Crippen molar-refractivity contribution >= 4 is 34.3 Å². The van der Waals surface area contributed by atoms with Crippen LogP contribution in [0.15, 0.2) is 30.3 Å². The maximum Gasteiger partial charge on any atom is 0.229 e. The Kier molecular flexibility index (Phi) is 4.30. The number of ketones is 1. The molecule has 4 rings (SSSR count). The first kappa shape index (κ1) is 16.5. The number of benzene rings is 1. The number of carbonyl (C=O) groups excluding carboxylic acids is 1. The van der Waals surface area contributed by atoms with Crippen molar-refractivity contribution < 1.29 is 9.53 Å². The molecule has 0 radical (unpaired) electrons. The van der Waals surface area contributed by atoms with E-state index in [1.807, 2.05) is 37.3 Å². The molecule has 26 heavy (non-hydrogen) atoms. The minimum Gasteiger partial charge on any atom is -0.378 e. The van der Waals surface area contributed by atoms with Crippen LogP contribution < -0.4 is 10.2 Å². The number of nitrogens with zero attached hydrogens (tertiary/aromatic N) is 3. The van der Waals surface area contributed by atoms with E-state index in [1.165, 1.54) is 0 Å². The summed E-state index contributed by atoms with van der Waals surface area (Å²) in [4.78, 5) is 26.3. The SMILES string of the molecule is CC(=O)c1ccc(Nc2nc(N3CCOCC3)nc3[nH]c(C)cc23)cc1. The highest BCUT2D eigenvalue weighted by Crippen LogP contribution is 2.27. The molecule has 0 saturated carbocycles. The van der Waals surface area contributed by atoms with Gasteiger partial charge in [0, 0.05) is 30.0 Å². The summed E-state index contributed by atoms with van der Waals surface area (Å²) in [5.41, 5.74) is 3.40. The predicted octanol–water partition coefficient (Wildman–Crippen LogP) is 3.05. The van der Waals surface area contributed by atoms with Gasteiger partial charge in [-0.15, -0.1) is 0 Å². The summed E-state index contributed by atoms with van der Waals surface area (Å²) in [6.45, 7) is 6.48. The van der Waals surface area contributed by atoms with Crippen molar-refractivity contribution in [3.05, 3.63) is 41.6 Å². The number of nitrogens with one attached hydrogen (secondary N) is 2. The highest BCUT2D eigenvalue weighted by Gasteiger charge is 2.17. The number of hydrogen-bond donors (Lipinski definition) is 2. The average Bonchev–Trinajstić information content (AvgIpc) is 3.03. The zero-order chi connectivity index (χ0) is 18.1. The van der Waals surface area contributed by atoms with Crippen LogP contribution in [0.2, 0.25) is 0 Å². The number of Topliss-reactive ketones (excluding diaryl/α,β-unsaturated/α-hetero) is 1. The third-order valence-corrected chi connectivity index (χ3v) is 4.46. The second kappa shape index (κ2) is 6.76. The van der Waals surface area contributed by atoms with Gasteiger partial charge in [0.25, 0.3) is 0 Å². The third-order valence-electron chi connectivity index (χ3n) is 4.46. The van der Waals surface area contributed by atoms with Crippen LogP contribution in [0, 0.1) is 6.92 Å². The van der Waals surface area contributed by atoms with Gasteiger partial charge in [0.15, 0.2) is 5.78 Å². The minimum atomic E-state index is 0.0526. The van der Waals surface area contributed by atoms with Gasteiger partial charge in [0.1, 0.15) is 11.5 Å². The Labute approximate surface area is 151 Å². The van der Waals surface area contributed by atoms with Crippen LogP contribution in [0.1, 0.15) is 23.0 Å². The number of aryl methyl sites for hydroxylation is 1. The van der Waals surface area contributed by atoms with Gasteiger partial charge in [-0.1, -0.05) is 0 Å². The zero-order valence-corrected chi connectivity index (χ0v) is 14.9. The molecule has 0 bridgehead atoms. The molecule has 1 aromatic carbocycles. The first-order valence-electron chi connectivity index (χ1n) is 8.68. The Morgan fingerprint density at radius 3 is 2.62 bits per heavy atom. The van der Waals surface area contributed by atoms with Crippen LogP contribution in [-0.2, 0) is 4.74 Å². The quantitative estimate of drug-likeness (QED) is 0.703. The molecule has 1 aliphatic heterocycles. The molecule has 134 valence electrons. The minimum absolute atomic E-state index is 0.0526. The molecule has 3 heterocycles. The summed E-state index contributed by atoms with van der Waals surface area (Å²) < 4.78 is 5.42. The Balaban J connectivity index is 1.71. The fraction of sp³-hybridized carbons (Fsp3) is 0.316. The number of H-pyrrole nitrogens is 1. The fourth-order valence-corrected chi connectivity index (χ4v) is 3.05. The van der Waals surface area contributed by atoms with Crippen LogP contribution in [0.25, 0.3) is 11.0 Å². The van der Waals surface area contributed by atoms with E-state index in [1.54, 1.807) is 6.92 Å². The average molecular weight is 351 g/mol. The smallest absolute Gasteiger partial charge is 0.229 e. The van der Waals surface area contributed by atoms with Crippen molar-refractivity contribution in [1.82, 2.24) is 15.0 Å². The topological polar surface area (TPSA) is 83.1 Å². The van der Waals surface area contributed by atoms with Crippen molar-refractivity contribution in [2.45, 2.75) is 13.8 Å². The lowest BCUT2D eigenvalue weighted by molar-refractivity contribution is 0.101. The van der Waals surface area contributed by atoms with E-state index in [0.717, 1.165) is 41.3 Å². The fourth-order valence-electron chi connectivity index (χ4n) is 3.05. The number of hydrogen-bond acceptors (Lipinski definition) is 6. The number of ether oxygens (including phenoxy) is 1. The van der Waals surface area contributed by atoms with Gasteiger partial charge in [-0.05, 0) is 44.2 Å². The zero-order valence-electron chi connectivity index (χ0n) is 14.9. The van der Waals surface area contributed by atoms with E-state index in [4.69, 9.17) is 9.72 Å². The highest BCUT2D eigenvalue weighted by molar-refractivity contribution is 5.95. The first-order valence-corrected chi connectivity index (χ1v) is 8.68. The number of anilines is 3. The summed E-state index contributed by atoms with van der Waals surface area (Å²) in [5.74, 6) is 1.48. The molecular formula is C19H21N5O2. The van der Waals surface area contributed by atoms with Crippen molar-refractivity contribution in [3.8, 4) is 0 Å². The Morgan fingerprint density at radius 2 is 1.92 bits per heavy atom. The molecule has 3 aromatic rings. The molecule has 0 atom stereocenters. The second-order valence-corrected chi connectivity index (χ2v) is 6.44. The van der Waals surface area contributed by atoms with E-state index >= 15 is 0 Å². The van der Waals surface area contributed by atoms with Gasteiger partial charge < -0.3 is 19.9 Å². The number of aromatic amines is 1. The molecule has 7 nitrogen and oxygen atoms in total. The molecule has 0 spiro atoms. The van der Waals surface area contributed by atoms with Crippen molar-refractivity contribution in [2.24, 2.45) is 0 Å². The number of aromatic nitrogens is 3. The normalized spacial score (nSPS) is 14.6. The molecular weight excluding hydrogens is 330 g/mol. The molecule has 1 saturated heterocycles. The monoisotopic (exact) mass is 351 g/mol. The Morgan fingerprint density at radius 1 is 1.19 bits per heavy atom. The first-order chi connectivity index (χ1) is 12.6. The summed E-state index contributed by atoms with van der Waals surface area (Å²) in [7, 11) is 0. The van der Waals surface area contributed by atoms with Gasteiger partial charge in [-0.25, -0.2) is 0 Å². The standard InChI is InChI=1S/C19H21N5O2/c1-12-11-16-17(20-12)22-19(24-7-9-26-10-8-24)23-18(16)21-15-5-3-14(4-6-15)13(2)25/h3-6,11H,7-10H2,1-2H3,(H2,20,21,22,23). The summed E-state index contributed by atoms with van der Waals surface area (Å²) in [6, 6.07) is 9.44. The molecule has 2 N–H and O–H groups in total. The van der Waals surface area contributed by atoms with Gasteiger partial charge in [0.05, 0.1) is 18.6 Å². The molecule has 1 fully saturated rings. The highest BCUT2D eigenvalue weighted by atomic mass is 16.5. The second-order valence-electron chi connectivity index (χ2n) is 6.44. The van der Waals surface area contributed by atoms with E-state index in [-0.39, 0.29) is 5.78 Å². The van der Waals surface area contributed by atoms with E-state index in [0.29, 0.717) is 24.7 Å². The van der Waals surface area contributed by atoms with Crippen LogP contribution >= 0.6 is 0 Å². The van der Waals surface area contributed by atoms with E-state index in [9.17, 15) is 4.79 Å². The van der Waals surface area contributed by atoms with Crippen LogP contribution in [-0.4, -0.2) is 47.0 Å². The van der Waals surface area contributed by atoms with Crippen molar-refractivity contribution in [2.75, 3.05) is 36.5 Å². The van der Waals surface area contributed by atoms with E-state index < -0.39 is 0 Å². The van der Waals surface area contributed by atoms with Crippen LogP contribution in [0.3, 0.4) is 0 Å². The third kappa shape index (κ3) is 3.25.